The molecule has 0 bridgehead atoms. The first kappa shape index (κ1) is 43.3. The fourth-order valence-corrected chi connectivity index (χ4v) is 8.99. The van der Waals surface area contributed by atoms with Crippen LogP contribution in [-0.2, 0) is 11.1 Å². The first-order valence-electron chi connectivity index (χ1n) is 21.8. The molecular formula is C56H58N6. The van der Waals surface area contributed by atoms with E-state index in [4.69, 9.17) is 22.3 Å². The largest absolute Gasteiger partial charge is 0.330 e. The highest BCUT2D eigenvalue weighted by atomic mass is 15.1. The quantitative estimate of drug-likeness (QED) is 0.0828. The summed E-state index contributed by atoms with van der Waals surface area (Å²) in [5.74, 6) is 1.26. The molecule has 0 amide bonds. The molecule has 0 radical (unpaired) electrons. The summed E-state index contributed by atoms with van der Waals surface area (Å²) < 4.78 is 4.45. The van der Waals surface area contributed by atoms with E-state index in [1.54, 1.807) is 0 Å². The Morgan fingerprint density at radius 3 is 1.03 bits per heavy atom. The van der Waals surface area contributed by atoms with Gasteiger partial charge in [0.1, 0.15) is 16.8 Å². The Morgan fingerprint density at radius 2 is 0.758 bits per heavy atom. The molecule has 0 aliphatic carbocycles. The molecule has 6 aromatic carbocycles. The fraction of sp³-hybridized carbons (Fsp3) is 0.232. The molecule has 0 spiro atoms. The summed E-state index contributed by atoms with van der Waals surface area (Å²) >= 11 is 0. The van der Waals surface area contributed by atoms with Crippen molar-refractivity contribution in [1.82, 2.24) is 19.1 Å². The molecule has 6 nitrogen and oxygen atoms in total. The molecule has 6 heteroatoms. The molecule has 2 atom stereocenters. The normalized spacial score (nSPS) is 12.6. The molecule has 62 heavy (non-hydrogen) atoms. The zero-order valence-electron chi connectivity index (χ0n) is 36.4. The van der Waals surface area contributed by atoms with Crippen molar-refractivity contribution in [2.45, 2.75) is 63.6 Å². The summed E-state index contributed by atoms with van der Waals surface area (Å²) in [7, 11) is 0. The van der Waals surface area contributed by atoms with E-state index in [-0.39, 0.29) is 12.0 Å². The zero-order chi connectivity index (χ0) is 43.4. The maximum atomic E-state index is 7.72. The van der Waals surface area contributed by atoms with Gasteiger partial charge in [0.15, 0.2) is 0 Å². The number of nitrogens with zero attached hydrogens (tertiary/aromatic N) is 5. The van der Waals surface area contributed by atoms with Crippen molar-refractivity contribution in [3.05, 3.63) is 263 Å². The first-order valence-corrected chi connectivity index (χ1v) is 21.8. The second-order valence-corrected chi connectivity index (χ2v) is 16.9. The van der Waals surface area contributed by atoms with Gasteiger partial charge in [0.25, 0.3) is 6.04 Å². The highest BCUT2D eigenvalue weighted by Gasteiger charge is 2.40. The molecule has 2 aromatic heterocycles. The van der Waals surface area contributed by atoms with Crippen molar-refractivity contribution < 1.29 is 0 Å². The number of hydrogen-bond acceptors (Lipinski definition) is 3. The third-order valence-corrected chi connectivity index (χ3v) is 11.8. The van der Waals surface area contributed by atoms with Crippen LogP contribution in [0.5, 0.6) is 0 Å². The summed E-state index contributed by atoms with van der Waals surface area (Å²) in [6.45, 7) is 17.1. The monoisotopic (exact) mass is 814 g/mol. The molecule has 8 rings (SSSR count). The lowest BCUT2D eigenvalue weighted by Crippen LogP contribution is -2.37. The molecule has 0 aliphatic rings. The Balaban J connectivity index is 0.000000186. The molecule has 0 aliphatic heterocycles. The van der Waals surface area contributed by atoms with Gasteiger partial charge in [-0.1, -0.05) is 210 Å². The fourth-order valence-electron chi connectivity index (χ4n) is 8.99. The van der Waals surface area contributed by atoms with Gasteiger partial charge >= 0.3 is 0 Å². The highest BCUT2D eigenvalue weighted by molar-refractivity contribution is 5.52. The minimum atomic E-state index is -0.584. The average molecular weight is 815 g/mol. The first-order chi connectivity index (χ1) is 30.3. The molecule has 2 N–H and O–H groups in total. The molecule has 0 fully saturated rings. The topological polar surface area (TPSA) is 66.0 Å². The average Bonchev–Trinajstić information content (AvgIpc) is 4.02. The van der Waals surface area contributed by atoms with Crippen LogP contribution in [0.4, 0.5) is 0 Å². The summed E-state index contributed by atoms with van der Waals surface area (Å²) in [6.07, 6.45) is 9.97. The molecule has 2 heterocycles. The lowest BCUT2D eigenvalue weighted by atomic mass is 9.76. The molecule has 8 aromatic rings. The van der Waals surface area contributed by atoms with E-state index in [1.165, 1.54) is 16.7 Å². The van der Waals surface area contributed by atoms with E-state index in [0.717, 1.165) is 40.9 Å². The Kier molecular flexibility index (Phi) is 14.1. The van der Waals surface area contributed by atoms with E-state index in [0.29, 0.717) is 18.4 Å². The third kappa shape index (κ3) is 8.96. The van der Waals surface area contributed by atoms with Crippen molar-refractivity contribution >= 4 is 0 Å². The number of nitrogens with two attached hydrogens (primary N) is 1. The van der Waals surface area contributed by atoms with Crippen LogP contribution >= 0.6 is 0 Å². The summed E-state index contributed by atoms with van der Waals surface area (Å²) in [5.41, 5.74) is 14.0. The lowest BCUT2D eigenvalue weighted by molar-refractivity contribution is 0.492. The third-order valence-electron chi connectivity index (χ3n) is 11.8. The van der Waals surface area contributed by atoms with Crippen molar-refractivity contribution in [3.8, 4) is 0 Å². The second kappa shape index (κ2) is 20.2. The van der Waals surface area contributed by atoms with Crippen LogP contribution in [0.25, 0.3) is 4.85 Å². The maximum Gasteiger partial charge on any atom is 0.266 e. The van der Waals surface area contributed by atoms with Gasteiger partial charge in [0.05, 0.1) is 18.3 Å². The molecular weight excluding hydrogens is 757 g/mol. The van der Waals surface area contributed by atoms with Gasteiger partial charge in [-0.2, -0.15) is 0 Å². The predicted octanol–water partition coefficient (Wildman–Crippen LogP) is 12.5. The van der Waals surface area contributed by atoms with E-state index in [2.05, 4.69) is 218 Å². The smallest absolute Gasteiger partial charge is 0.266 e. The maximum absolute atomic E-state index is 7.72. The Hall–Kier alpha value is -6.81. The van der Waals surface area contributed by atoms with E-state index in [1.807, 2.05) is 30.9 Å². The number of aromatic nitrogens is 4. The Morgan fingerprint density at radius 1 is 0.468 bits per heavy atom. The van der Waals surface area contributed by atoms with Gasteiger partial charge in [-0.3, -0.25) is 0 Å². The van der Waals surface area contributed by atoms with Crippen molar-refractivity contribution in [1.29, 1.82) is 0 Å². The SMILES string of the molecule is CC(C)CC(CN)c1cn(C(c2ccccc2)(c2ccccc2)c2ccccc2)cn1.[C-]#[N+]C(CC(C)C)c1cn(C(c2ccccc2)(c2ccccc2)c2ccccc2)cn1. The number of rotatable bonds is 15. The molecule has 2 unspecified atom stereocenters. The number of imidazole rings is 2. The van der Waals surface area contributed by atoms with Crippen LogP contribution in [0, 0.1) is 18.4 Å². The Bertz CT molecular complexity index is 2380. The van der Waals surface area contributed by atoms with Crippen molar-refractivity contribution in [3.63, 3.8) is 0 Å². The van der Waals surface area contributed by atoms with E-state index >= 15 is 0 Å². The lowest BCUT2D eigenvalue weighted by Gasteiger charge is -2.37. The van der Waals surface area contributed by atoms with Crippen LogP contribution < -0.4 is 5.73 Å². The van der Waals surface area contributed by atoms with Gasteiger partial charge in [-0.25, -0.2) is 16.5 Å². The predicted molar refractivity (Wildman–Crippen MR) is 254 cm³/mol. The molecule has 0 saturated heterocycles. The molecule has 312 valence electrons. The summed E-state index contributed by atoms with van der Waals surface area (Å²) in [5, 5.41) is 0. The van der Waals surface area contributed by atoms with Gasteiger partial charge in [-0.05, 0) is 51.6 Å². The van der Waals surface area contributed by atoms with Crippen LogP contribution in [0.1, 0.15) is 97.3 Å². The summed E-state index contributed by atoms with van der Waals surface area (Å²) in [6, 6.07) is 63.4. The Labute approximate surface area is 368 Å². The van der Waals surface area contributed by atoms with E-state index < -0.39 is 11.1 Å². The van der Waals surface area contributed by atoms with Gasteiger partial charge in [0.2, 0.25) is 0 Å². The summed E-state index contributed by atoms with van der Waals surface area (Å²) in [4.78, 5) is 13.5. The standard InChI is InChI=1S/C28H27N3.C28H31N3/c1-22(2)19-26(29-3)27-20-31(21-30-27)28(23-13-7-4-8-14-23,24-15-9-5-10-16-24)25-17-11-6-12-18-25;1-22(2)18-23(19-29)27-20-31(21-30-27)28(24-12-6-3-7-13-24,25-14-8-4-9-15-25)26-16-10-5-11-17-26/h4-18,20-22,26H,19H2,1-2H3;3-17,20-23H,18-19,29H2,1-2H3. The van der Waals surface area contributed by atoms with Crippen LogP contribution in [0.2, 0.25) is 0 Å². The van der Waals surface area contributed by atoms with Crippen molar-refractivity contribution in [2.24, 2.45) is 17.6 Å². The second-order valence-electron chi connectivity index (χ2n) is 16.9. The van der Waals surface area contributed by atoms with Gasteiger partial charge in [0, 0.05) is 31.3 Å². The van der Waals surface area contributed by atoms with Crippen LogP contribution in [0.3, 0.4) is 0 Å². The van der Waals surface area contributed by atoms with Crippen molar-refractivity contribution in [2.75, 3.05) is 6.54 Å². The molecule has 0 saturated carbocycles. The van der Waals surface area contributed by atoms with Gasteiger partial charge in [-0.15, -0.1) is 0 Å². The van der Waals surface area contributed by atoms with E-state index in [9.17, 15) is 0 Å². The number of benzene rings is 6. The number of hydrogen-bond donors (Lipinski definition) is 1. The zero-order valence-corrected chi connectivity index (χ0v) is 36.4. The minimum Gasteiger partial charge on any atom is -0.330 e. The minimum absolute atomic E-state index is 0.235. The van der Waals surface area contributed by atoms with Gasteiger partial charge < -0.3 is 19.7 Å². The van der Waals surface area contributed by atoms with Crippen LogP contribution in [0.15, 0.2) is 207 Å². The van der Waals surface area contributed by atoms with Crippen LogP contribution in [-0.4, -0.2) is 25.6 Å². The highest BCUT2D eigenvalue weighted by Crippen LogP contribution is 2.43.